The number of primary amides is 1. The second-order valence-corrected chi connectivity index (χ2v) is 3.87. The highest BCUT2D eigenvalue weighted by Gasteiger charge is 2.20. The Hall–Kier alpha value is -2.45. The van der Waals surface area contributed by atoms with Crippen molar-refractivity contribution in [2.75, 3.05) is 0 Å². The smallest absolute Gasteiger partial charge is 0.326 e. The minimum Gasteiger partial charge on any atom is -0.480 e. The van der Waals surface area contributed by atoms with Gasteiger partial charge in [-0.05, 0) is 6.42 Å². The van der Waals surface area contributed by atoms with Gasteiger partial charge in [0, 0.05) is 12.8 Å². The zero-order valence-corrected chi connectivity index (χ0v) is 10.2. The van der Waals surface area contributed by atoms with Gasteiger partial charge < -0.3 is 16.2 Å². The molecule has 1 heterocycles. The maximum absolute atomic E-state index is 11.5. The highest BCUT2D eigenvalue weighted by atomic mass is 16.4. The van der Waals surface area contributed by atoms with Crippen molar-refractivity contribution in [3.63, 3.8) is 0 Å². The van der Waals surface area contributed by atoms with Crippen LogP contribution in [0.1, 0.15) is 19.3 Å². The summed E-state index contributed by atoms with van der Waals surface area (Å²) in [4.78, 5) is 36.7. The van der Waals surface area contributed by atoms with Crippen LogP contribution in [0.3, 0.4) is 0 Å². The molecule has 0 aromatic carbocycles. The molecule has 1 rings (SSSR count). The summed E-state index contributed by atoms with van der Waals surface area (Å²) in [6.45, 7) is 0.300. The number of rotatable bonds is 8. The quantitative estimate of drug-likeness (QED) is 0.524. The summed E-state index contributed by atoms with van der Waals surface area (Å²) in [6, 6.07) is -1.12. The van der Waals surface area contributed by atoms with E-state index in [1.165, 1.54) is 17.3 Å². The molecule has 1 aromatic rings. The van der Waals surface area contributed by atoms with E-state index in [9.17, 15) is 14.4 Å². The predicted octanol–water partition coefficient (Wildman–Crippen LogP) is -1.50. The minimum absolute atomic E-state index is 0.0280. The Morgan fingerprint density at radius 3 is 2.63 bits per heavy atom. The van der Waals surface area contributed by atoms with Crippen LogP contribution in [0.5, 0.6) is 0 Å². The van der Waals surface area contributed by atoms with E-state index in [4.69, 9.17) is 10.8 Å². The normalized spacial score (nSPS) is 11.8. The zero-order chi connectivity index (χ0) is 14.3. The van der Waals surface area contributed by atoms with Gasteiger partial charge in [-0.3, -0.25) is 14.3 Å². The van der Waals surface area contributed by atoms with Crippen LogP contribution in [0, 0.1) is 0 Å². The first-order valence-corrected chi connectivity index (χ1v) is 5.62. The fraction of sp³-hybridized carbons (Fsp3) is 0.500. The van der Waals surface area contributed by atoms with Gasteiger partial charge in [0.25, 0.3) is 0 Å². The number of carboxylic acid groups (broad SMARTS) is 1. The highest BCUT2D eigenvalue weighted by Crippen LogP contribution is 1.98. The number of aliphatic carboxylic acids is 1. The first-order valence-electron chi connectivity index (χ1n) is 5.62. The molecule has 0 aliphatic heterocycles. The van der Waals surface area contributed by atoms with Crippen molar-refractivity contribution in [2.24, 2.45) is 5.73 Å². The van der Waals surface area contributed by atoms with Crippen LogP contribution in [-0.4, -0.2) is 43.7 Å². The third-order valence-corrected chi connectivity index (χ3v) is 2.35. The summed E-state index contributed by atoms with van der Waals surface area (Å²) in [5.41, 5.74) is 4.93. The molecule has 1 aromatic heterocycles. The Bertz CT molecular complexity index is 445. The van der Waals surface area contributed by atoms with Gasteiger partial charge in [0.2, 0.25) is 11.8 Å². The van der Waals surface area contributed by atoms with E-state index in [0.29, 0.717) is 6.54 Å². The third kappa shape index (κ3) is 5.61. The van der Waals surface area contributed by atoms with Gasteiger partial charge >= 0.3 is 5.97 Å². The summed E-state index contributed by atoms with van der Waals surface area (Å²) in [5.74, 6) is -2.24. The zero-order valence-electron chi connectivity index (χ0n) is 10.2. The van der Waals surface area contributed by atoms with Crippen LogP contribution >= 0.6 is 0 Å². The fourth-order valence-corrected chi connectivity index (χ4v) is 1.37. The summed E-state index contributed by atoms with van der Waals surface area (Å²) in [6.07, 6.45) is 2.74. The van der Waals surface area contributed by atoms with Crippen LogP contribution in [0.2, 0.25) is 0 Å². The monoisotopic (exact) mass is 269 g/mol. The molecule has 0 spiro atoms. The molecule has 104 valence electrons. The van der Waals surface area contributed by atoms with Crippen molar-refractivity contribution in [3.8, 4) is 0 Å². The number of aryl methyl sites for hydroxylation is 1. The highest BCUT2D eigenvalue weighted by molar-refractivity contribution is 5.84. The summed E-state index contributed by atoms with van der Waals surface area (Å²) in [7, 11) is 0. The SMILES string of the molecule is NC(=O)CC[C@@H](NC(=O)CCn1cncn1)C(=O)O. The predicted molar refractivity (Wildman–Crippen MR) is 62.6 cm³/mol. The Balaban J connectivity index is 2.38. The van der Waals surface area contributed by atoms with Gasteiger partial charge in [0.15, 0.2) is 0 Å². The Morgan fingerprint density at radius 2 is 2.11 bits per heavy atom. The molecule has 2 amide bonds. The molecule has 0 saturated heterocycles. The second kappa shape index (κ2) is 7.09. The molecule has 0 radical (unpaired) electrons. The van der Waals surface area contributed by atoms with Crippen LogP contribution in [0.25, 0.3) is 0 Å². The van der Waals surface area contributed by atoms with E-state index >= 15 is 0 Å². The van der Waals surface area contributed by atoms with Crippen molar-refractivity contribution in [1.29, 1.82) is 0 Å². The molecule has 9 nitrogen and oxygen atoms in total. The van der Waals surface area contributed by atoms with Gasteiger partial charge in [-0.1, -0.05) is 0 Å². The molecule has 0 fully saturated rings. The molecule has 0 bridgehead atoms. The maximum Gasteiger partial charge on any atom is 0.326 e. The second-order valence-electron chi connectivity index (χ2n) is 3.87. The van der Waals surface area contributed by atoms with E-state index in [-0.39, 0.29) is 19.3 Å². The van der Waals surface area contributed by atoms with Gasteiger partial charge in [-0.15, -0.1) is 0 Å². The molecular weight excluding hydrogens is 254 g/mol. The van der Waals surface area contributed by atoms with E-state index in [1.807, 2.05) is 0 Å². The Morgan fingerprint density at radius 1 is 1.37 bits per heavy atom. The third-order valence-electron chi connectivity index (χ3n) is 2.35. The first-order chi connectivity index (χ1) is 8.99. The van der Waals surface area contributed by atoms with E-state index < -0.39 is 23.8 Å². The van der Waals surface area contributed by atoms with E-state index in [0.717, 1.165) is 0 Å². The van der Waals surface area contributed by atoms with E-state index in [2.05, 4.69) is 15.4 Å². The fourth-order valence-electron chi connectivity index (χ4n) is 1.37. The van der Waals surface area contributed by atoms with Gasteiger partial charge in [-0.2, -0.15) is 5.10 Å². The average Bonchev–Trinajstić information content (AvgIpc) is 2.84. The van der Waals surface area contributed by atoms with Gasteiger partial charge in [-0.25, -0.2) is 9.78 Å². The standard InChI is InChI=1S/C10H15N5O4/c11-8(16)2-1-7(10(18)19)14-9(17)3-4-15-6-12-5-13-15/h5-7H,1-4H2,(H2,11,16)(H,14,17)(H,18,19)/t7-/m1/s1. The number of hydrogen-bond acceptors (Lipinski definition) is 5. The minimum atomic E-state index is -1.20. The lowest BCUT2D eigenvalue weighted by Gasteiger charge is -2.13. The lowest BCUT2D eigenvalue weighted by atomic mass is 10.1. The lowest BCUT2D eigenvalue weighted by Crippen LogP contribution is -2.41. The van der Waals surface area contributed by atoms with Crippen molar-refractivity contribution in [3.05, 3.63) is 12.7 Å². The van der Waals surface area contributed by atoms with E-state index in [1.54, 1.807) is 0 Å². The summed E-state index contributed by atoms with van der Waals surface area (Å²) < 4.78 is 1.46. The molecule has 9 heteroatoms. The molecule has 0 aliphatic carbocycles. The lowest BCUT2D eigenvalue weighted by molar-refractivity contribution is -0.142. The molecule has 0 aliphatic rings. The summed E-state index contributed by atoms with van der Waals surface area (Å²) in [5, 5.41) is 15.0. The first kappa shape index (κ1) is 14.6. The Kier molecular flexibility index (Phi) is 5.45. The van der Waals surface area contributed by atoms with Crippen molar-refractivity contribution >= 4 is 17.8 Å². The molecule has 4 N–H and O–H groups in total. The Labute approximate surface area is 108 Å². The number of nitrogens with one attached hydrogen (secondary N) is 1. The number of aromatic nitrogens is 3. The average molecular weight is 269 g/mol. The summed E-state index contributed by atoms with van der Waals surface area (Å²) >= 11 is 0. The molecule has 0 saturated carbocycles. The van der Waals surface area contributed by atoms with Crippen LogP contribution in [-0.2, 0) is 20.9 Å². The van der Waals surface area contributed by atoms with Crippen molar-refractivity contribution in [2.45, 2.75) is 31.8 Å². The van der Waals surface area contributed by atoms with Crippen molar-refractivity contribution in [1.82, 2.24) is 20.1 Å². The number of nitrogens with two attached hydrogens (primary N) is 1. The number of hydrogen-bond donors (Lipinski definition) is 3. The molecule has 1 atom stereocenters. The molecule has 19 heavy (non-hydrogen) atoms. The van der Waals surface area contributed by atoms with Gasteiger partial charge in [0.05, 0.1) is 6.54 Å². The maximum atomic E-state index is 11.5. The number of carbonyl (C=O) groups excluding carboxylic acids is 2. The topological polar surface area (TPSA) is 140 Å². The largest absolute Gasteiger partial charge is 0.480 e. The van der Waals surface area contributed by atoms with Gasteiger partial charge in [0.1, 0.15) is 18.7 Å². The number of amides is 2. The van der Waals surface area contributed by atoms with Crippen molar-refractivity contribution < 1.29 is 19.5 Å². The van der Waals surface area contributed by atoms with Crippen LogP contribution < -0.4 is 11.1 Å². The van der Waals surface area contributed by atoms with Crippen LogP contribution in [0.4, 0.5) is 0 Å². The molecule has 0 unspecified atom stereocenters. The molecular formula is C10H15N5O4. The number of nitrogens with zero attached hydrogens (tertiary/aromatic N) is 3. The van der Waals surface area contributed by atoms with Crippen LogP contribution in [0.15, 0.2) is 12.7 Å². The number of carbonyl (C=O) groups is 3. The number of carboxylic acids is 1.